The Morgan fingerprint density at radius 2 is 2.00 bits per heavy atom. The Morgan fingerprint density at radius 3 is 2.75 bits per heavy atom. The van der Waals surface area contributed by atoms with Crippen LogP contribution in [-0.2, 0) is 0 Å². The van der Waals surface area contributed by atoms with Crippen LogP contribution in [0.4, 0.5) is 5.69 Å². The van der Waals surface area contributed by atoms with Crippen molar-refractivity contribution in [3.63, 3.8) is 0 Å². The van der Waals surface area contributed by atoms with Crippen LogP contribution in [0, 0.1) is 5.92 Å². The fraction of sp³-hybridized carbons (Fsp3) is 0.667. The van der Waals surface area contributed by atoms with E-state index in [9.17, 15) is 0 Å². The van der Waals surface area contributed by atoms with Gasteiger partial charge >= 0.3 is 0 Å². The van der Waals surface area contributed by atoms with E-state index in [1.54, 1.807) is 5.56 Å². The molecule has 2 aliphatic rings. The first-order valence-electron chi connectivity index (χ1n) is 8.29. The highest BCUT2D eigenvalue weighted by Gasteiger charge is 2.30. The molecule has 2 atom stereocenters. The monoisotopic (exact) mass is 272 g/mol. The molecule has 0 bridgehead atoms. The molecule has 1 N–H and O–H groups in total. The van der Waals surface area contributed by atoms with Crippen LogP contribution in [0.25, 0.3) is 0 Å². The third-order valence-electron chi connectivity index (χ3n) is 5.24. The number of hydrogen-bond acceptors (Lipinski definition) is 2. The number of nitrogens with one attached hydrogen (secondary N) is 1. The third kappa shape index (κ3) is 2.85. The second-order valence-electron chi connectivity index (χ2n) is 6.74. The number of fused-ring (bicyclic) bond motifs is 1. The molecule has 3 rings (SSSR count). The largest absolute Gasteiger partial charge is 0.370 e. The van der Waals surface area contributed by atoms with Gasteiger partial charge in [-0.15, -0.1) is 0 Å². The molecule has 1 fully saturated rings. The van der Waals surface area contributed by atoms with Gasteiger partial charge in [0, 0.05) is 30.7 Å². The zero-order valence-corrected chi connectivity index (χ0v) is 12.9. The number of para-hydroxylation sites is 1. The van der Waals surface area contributed by atoms with Gasteiger partial charge < -0.3 is 10.2 Å². The first kappa shape index (κ1) is 13.9. The lowest BCUT2D eigenvalue weighted by molar-refractivity contribution is 0.486. The SMILES string of the molecule is CNC(C)CC1CN(CC2CCCC2)c2ccccc21. The van der Waals surface area contributed by atoms with E-state index in [-0.39, 0.29) is 0 Å². The van der Waals surface area contributed by atoms with Gasteiger partial charge in [-0.3, -0.25) is 0 Å². The van der Waals surface area contributed by atoms with Gasteiger partial charge in [-0.1, -0.05) is 31.0 Å². The second-order valence-corrected chi connectivity index (χ2v) is 6.74. The molecule has 2 nitrogen and oxygen atoms in total. The highest BCUT2D eigenvalue weighted by Crippen LogP contribution is 2.40. The van der Waals surface area contributed by atoms with E-state index >= 15 is 0 Å². The van der Waals surface area contributed by atoms with Crippen LogP contribution in [0.15, 0.2) is 24.3 Å². The van der Waals surface area contributed by atoms with Gasteiger partial charge in [0.2, 0.25) is 0 Å². The average Bonchev–Trinajstić information content (AvgIpc) is 3.09. The summed E-state index contributed by atoms with van der Waals surface area (Å²) >= 11 is 0. The Kier molecular flexibility index (Phi) is 4.30. The molecular formula is C18H28N2. The van der Waals surface area contributed by atoms with Gasteiger partial charge in [0.05, 0.1) is 0 Å². The van der Waals surface area contributed by atoms with Crippen LogP contribution in [0.2, 0.25) is 0 Å². The summed E-state index contributed by atoms with van der Waals surface area (Å²) < 4.78 is 0. The van der Waals surface area contributed by atoms with Crippen LogP contribution in [0.5, 0.6) is 0 Å². The quantitative estimate of drug-likeness (QED) is 0.877. The molecule has 0 saturated heterocycles. The summed E-state index contributed by atoms with van der Waals surface area (Å²) in [5.41, 5.74) is 3.08. The molecule has 0 aromatic heterocycles. The minimum atomic E-state index is 0.597. The van der Waals surface area contributed by atoms with Gasteiger partial charge in [-0.25, -0.2) is 0 Å². The Balaban J connectivity index is 1.73. The molecule has 2 unspecified atom stereocenters. The average molecular weight is 272 g/mol. The summed E-state index contributed by atoms with van der Waals surface area (Å²) in [5.74, 6) is 1.64. The lowest BCUT2D eigenvalue weighted by Crippen LogP contribution is -2.29. The van der Waals surface area contributed by atoms with Gasteiger partial charge in [-0.2, -0.15) is 0 Å². The van der Waals surface area contributed by atoms with Crippen LogP contribution in [-0.4, -0.2) is 26.2 Å². The van der Waals surface area contributed by atoms with Crippen molar-refractivity contribution in [1.29, 1.82) is 0 Å². The summed E-state index contributed by atoms with van der Waals surface area (Å²) in [7, 11) is 2.07. The highest BCUT2D eigenvalue weighted by atomic mass is 15.2. The maximum absolute atomic E-state index is 3.39. The Labute approximate surface area is 123 Å². The van der Waals surface area contributed by atoms with Crippen molar-refractivity contribution in [3.8, 4) is 0 Å². The van der Waals surface area contributed by atoms with Crippen molar-refractivity contribution < 1.29 is 0 Å². The van der Waals surface area contributed by atoms with E-state index in [0.29, 0.717) is 12.0 Å². The predicted octanol–water partition coefficient (Wildman–Crippen LogP) is 3.78. The Hall–Kier alpha value is -1.02. The van der Waals surface area contributed by atoms with Crippen molar-refractivity contribution in [2.45, 2.75) is 51.0 Å². The number of nitrogens with zero attached hydrogens (tertiary/aromatic N) is 1. The van der Waals surface area contributed by atoms with E-state index in [1.807, 2.05) is 0 Å². The molecule has 20 heavy (non-hydrogen) atoms. The Bertz CT molecular complexity index is 437. The molecule has 0 spiro atoms. The highest BCUT2D eigenvalue weighted by molar-refractivity contribution is 5.60. The molecule has 1 saturated carbocycles. The van der Waals surface area contributed by atoms with Crippen molar-refractivity contribution in [2.24, 2.45) is 5.92 Å². The predicted molar refractivity (Wildman–Crippen MR) is 86.5 cm³/mol. The lowest BCUT2D eigenvalue weighted by atomic mass is 9.95. The van der Waals surface area contributed by atoms with Gasteiger partial charge in [0.15, 0.2) is 0 Å². The van der Waals surface area contributed by atoms with E-state index in [0.717, 1.165) is 5.92 Å². The number of benzene rings is 1. The van der Waals surface area contributed by atoms with Crippen LogP contribution < -0.4 is 10.2 Å². The van der Waals surface area contributed by atoms with Crippen molar-refractivity contribution >= 4 is 5.69 Å². The molecular weight excluding hydrogens is 244 g/mol. The second kappa shape index (κ2) is 6.17. The van der Waals surface area contributed by atoms with Crippen LogP contribution in [0.3, 0.4) is 0 Å². The number of rotatable bonds is 5. The fourth-order valence-corrected chi connectivity index (χ4v) is 4.01. The van der Waals surface area contributed by atoms with E-state index in [4.69, 9.17) is 0 Å². The Morgan fingerprint density at radius 1 is 1.25 bits per heavy atom. The third-order valence-corrected chi connectivity index (χ3v) is 5.24. The van der Waals surface area contributed by atoms with E-state index in [2.05, 4.69) is 48.5 Å². The maximum atomic E-state index is 3.39. The smallest absolute Gasteiger partial charge is 0.0402 e. The molecule has 1 aliphatic carbocycles. The first-order valence-corrected chi connectivity index (χ1v) is 8.29. The summed E-state index contributed by atoms with van der Waals surface area (Å²) in [6.45, 7) is 4.80. The van der Waals surface area contributed by atoms with Crippen molar-refractivity contribution in [3.05, 3.63) is 29.8 Å². The zero-order chi connectivity index (χ0) is 13.9. The molecule has 2 heteroatoms. The molecule has 1 aliphatic heterocycles. The molecule has 0 radical (unpaired) electrons. The molecule has 1 aromatic rings. The molecule has 1 aromatic carbocycles. The van der Waals surface area contributed by atoms with E-state index < -0.39 is 0 Å². The van der Waals surface area contributed by atoms with E-state index in [1.165, 1.54) is 50.9 Å². The van der Waals surface area contributed by atoms with Crippen molar-refractivity contribution in [2.75, 3.05) is 25.0 Å². The minimum Gasteiger partial charge on any atom is -0.370 e. The molecule has 0 amide bonds. The first-order chi connectivity index (χ1) is 9.78. The van der Waals surface area contributed by atoms with Gasteiger partial charge in [-0.05, 0) is 50.8 Å². The molecule has 110 valence electrons. The topological polar surface area (TPSA) is 15.3 Å². The van der Waals surface area contributed by atoms with Gasteiger partial charge in [0.1, 0.15) is 0 Å². The van der Waals surface area contributed by atoms with Crippen LogP contribution in [0.1, 0.15) is 50.5 Å². The van der Waals surface area contributed by atoms with Gasteiger partial charge in [0.25, 0.3) is 0 Å². The zero-order valence-electron chi connectivity index (χ0n) is 12.9. The summed E-state index contributed by atoms with van der Waals surface area (Å²) in [4.78, 5) is 2.67. The minimum absolute atomic E-state index is 0.597. The van der Waals surface area contributed by atoms with Crippen LogP contribution >= 0.6 is 0 Å². The summed E-state index contributed by atoms with van der Waals surface area (Å²) in [5, 5.41) is 3.39. The standard InChI is InChI=1S/C18H28N2/c1-14(19-2)11-16-13-20(12-15-7-3-4-8-15)18-10-6-5-9-17(16)18/h5-6,9-10,14-16,19H,3-4,7-8,11-13H2,1-2H3. The normalized spacial score (nSPS) is 24.1. The molecule has 1 heterocycles. The maximum Gasteiger partial charge on any atom is 0.0402 e. The number of hydrogen-bond donors (Lipinski definition) is 1. The summed E-state index contributed by atoms with van der Waals surface area (Å²) in [6.07, 6.45) is 7.02. The number of anilines is 1. The summed E-state index contributed by atoms with van der Waals surface area (Å²) in [6, 6.07) is 9.67. The van der Waals surface area contributed by atoms with Crippen molar-refractivity contribution in [1.82, 2.24) is 5.32 Å². The fourth-order valence-electron chi connectivity index (χ4n) is 4.01. The lowest BCUT2D eigenvalue weighted by Gasteiger charge is -2.24.